The fourth-order valence-corrected chi connectivity index (χ4v) is 4.86. The third kappa shape index (κ3) is 4.71. The molecule has 1 aromatic carbocycles. The van der Waals surface area contributed by atoms with Crippen molar-refractivity contribution in [2.75, 3.05) is 5.32 Å². The number of nitrogens with one attached hydrogen (secondary N) is 2. The molecule has 6 nitrogen and oxygen atoms in total. The van der Waals surface area contributed by atoms with Crippen LogP contribution in [0.5, 0.6) is 0 Å². The fraction of sp³-hybridized carbons (Fsp3) is 0.333. The first-order valence-corrected chi connectivity index (χ1v) is 11.3. The van der Waals surface area contributed by atoms with Crippen LogP contribution in [0, 0.1) is 5.92 Å². The molecule has 0 saturated heterocycles. The van der Waals surface area contributed by atoms with E-state index >= 15 is 0 Å². The summed E-state index contributed by atoms with van der Waals surface area (Å²) in [5.41, 5.74) is 1.06. The Morgan fingerprint density at radius 1 is 1.10 bits per heavy atom. The quantitative estimate of drug-likeness (QED) is 0.565. The van der Waals surface area contributed by atoms with Crippen molar-refractivity contribution in [3.8, 4) is 0 Å². The molecule has 4 rings (SSSR count). The molecule has 3 aromatic rings. The van der Waals surface area contributed by atoms with Crippen molar-refractivity contribution < 1.29 is 9.59 Å². The second kappa shape index (κ2) is 8.42. The van der Waals surface area contributed by atoms with Crippen molar-refractivity contribution in [3.05, 3.63) is 62.2 Å². The zero-order chi connectivity index (χ0) is 20.4. The predicted molar refractivity (Wildman–Crippen MR) is 116 cm³/mol. The van der Waals surface area contributed by atoms with Gasteiger partial charge in [-0.05, 0) is 48.4 Å². The Kier molecular flexibility index (Phi) is 5.73. The van der Waals surface area contributed by atoms with Crippen molar-refractivity contribution >= 4 is 40.2 Å². The van der Waals surface area contributed by atoms with Crippen molar-refractivity contribution in [3.63, 3.8) is 0 Å². The number of anilines is 1. The second-order valence-corrected chi connectivity index (χ2v) is 9.45. The summed E-state index contributed by atoms with van der Waals surface area (Å²) in [5, 5.41) is 17.3. The molecule has 0 aliphatic heterocycles. The smallest absolute Gasteiger partial charge is 0.286 e. The monoisotopic (exact) mass is 426 g/mol. The zero-order valence-corrected chi connectivity index (χ0v) is 17.8. The molecule has 2 N–H and O–H groups in total. The molecule has 2 heterocycles. The molecule has 1 unspecified atom stereocenters. The van der Waals surface area contributed by atoms with Crippen molar-refractivity contribution in [2.24, 2.45) is 5.92 Å². The van der Waals surface area contributed by atoms with Crippen LogP contribution in [-0.2, 0) is 0 Å². The van der Waals surface area contributed by atoms with E-state index in [0.29, 0.717) is 22.2 Å². The van der Waals surface area contributed by atoms with Crippen LogP contribution in [0.3, 0.4) is 0 Å². The molecule has 1 atom stereocenters. The van der Waals surface area contributed by atoms with E-state index in [1.54, 1.807) is 35.6 Å². The van der Waals surface area contributed by atoms with E-state index in [0.717, 1.165) is 22.7 Å². The summed E-state index contributed by atoms with van der Waals surface area (Å²) in [5.74, 6) is 0.266. The maximum atomic E-state index is 12.8. The Labute approximate surface area is 177 Å². The lowest BCUT2D eigenvalue weighted by Gasteiger charge is -2.21. The number of carbonyl (C=O) groups excluding carboxylic acids is 2. The highest BCUT2D eigenvalue weighted by Gasteiger charge is 2.28. The Morgan fingerprint density at radius 2 is 1.93 bits per heavy atom. The van der Waals surface area contributed by atoms with Crippen LogP contribution in [0.4, 0.5) is 5.69 Å². The first-order chi connectivity index (χ1) is 14.0. The van der Waals surface area contributed by atoms with Crippen molar-refractivity contribution in [2.45, 2.75) is 38.6 Å². The molecular formula is C21H22N4O2S2. The van der Waals surface area contributed by atoms with E-state index in [2.05, 4.69) is 34.7 Å². The molecule has 1 saturated carbocycles. The Hall–Kier alpha value is -2.58. The maximum absolute atomic E-state index is 12.8. The summed E-state index contributed by atoms with van der Waals surface area (Å²) in [4.78, 5) is 26.4. The topological polar surface area (TPSA) is 84.0 Å². The molecule has 1 aliphatic carbocycles. The van der Waals surface area contributed by atoms with Gasteiger partial charge in [-0.2, -0.15) is 0 Å². The molecule has 2 aromatic heterocycles. The van der Waals surface area contributed by atoms with Crippen LogP contribution in [-0.4, -0.2) is 22.0 Å². The van der Waals surface area contributed by atoms with Crippen molar-refractivity contribution in [1.82, 2.24) is 15.5 Å². The van der Waals surface area contributed by atoms with Gasteiger partial charge >= 0.3 is 0 Å². The third-order valence-electron chi connectivity index (χ3n) is 4.75. The molecule has 150 valence electrons. The number of amides is 2. The van der Waals surface area contributed by atoms with E-state index in [1.807, 2.05) is 17.5 Å². The standard InChI is InChI=1S/C21H22N4O2S2/c1-12(2)17(16-7-4-10-28-16)23-18(26)14-5-3-6-15(11-14)22-19(27)21-25-24-20(29-21)13-8-9-13/h3-7,10-13,17H,8-9H2,1-2H3,(H,22,27)(H,23,26). The minimum atomic E-state index is -0.300. The average molecular weight is 427 g/mol. The van der Waals surface area contributed by atoms with Gasteiger partial charge in [0.25, 0.3) is 11.8 Å². The van der Waals surface area contributed by atoms with Gasteiger partial charge in [0, 0.05) is 22.0 Å². The number of nitrogens with zero attached hydrogens (tertiary/aromatic N) is 2. The lowest BCUT2D eigenvalue weighted by Crippen LogP contribution is -2.31. The first kappa shape index (κ1) is 19.7. The minimum absolute atomic E-state index is 0.0528. The van der Waals surface area contributed by atoms with Gasteiger partial charge in [-0.15, -0.1) is 21.5 Å². The largest absolute Gasteiger partial charge is 0.344 e. The Balaban J connectivity index is 1.44. The van der Waals surface area contributed by atoms with Crippen LogP contribution in [0.15, 0.2) is 41.8 Å². The third-order valence-corrected chi connectivity index (χ3v) is 6.79. The Morgan fingerprint density at radius 3 is 2.62 bits per heavy atom. The normalized spacial score (nSPS) is 14.6. The fourth-order valence-electron chi connectivity index (χ4n) is 3.00. The van der Waals surface area contributed by atoms with Gasteiger partial charge in [-0.3, -0.25) is 9.59 Å². The van der Waals surface area contributed by atoms with Gasteiger partial charge in [0.05, 0.1) is 6.04 Å². The summed E-state index contributed by atoms with van der Waals surface area (Å²) >= 11 is 2.97. The van der Waals surface area contributed by atoms with E-state index < -0.39 is 0 Å². The van der Waals surface area contributed by atoms with Gasteiger partial charge < -0.3 is 10.6 Å². The highest BCUT2D eigenvalue weighted by molar-refractivity contribution is 7.13. The zero-order valence-electron chi connectivity index (χ0n) is 16.2. The summed E-state index contributed by atoms with van der Waals surface area (Å²) < 4.78 is 0. The van der Waals surface area contributed by atoms with Gasteiger partial charge in [-0.1, -0.05) is 37.3 Å². The van der Waals surface area contributed by atoms with Gasteiger partial charge in [0.2, 0.25) is 5.01 Å². The lowest BCUT2D eigenvalue weighted by atomic mass is 10.0. The van der Waals surface area contributed by atoms with Crippen LogP contribution >= 0.6 is 22.7 Å². The van der Waals surface area contributed by atoms with Crippen LogP contribution in [0.2, 0.25) is 0 Å². The molecule has 0 spiro atoms. The summed E-state index contributed by atoms with van der Waals surface area (Å²) in [6.07, 6.45) is 2.24. The summed E-state index contributed by atoms with van der Waals surface area (Å²) in [6, 6.07) is 10.9. The predicted octanol–water partition coefficient (Wildman–Crippen LogP) is 4.86. The van der Waals surface area contributed by atoms with Gasteiger partial charge in [0.1, 0.15) is 5.01 Å². The SMILES string of the molecule is CC(C)C(NC(=O)c1cccc(NC(=O)c2nnc(C3CC3)s2)c1)c1cccs1. The van der Waals surface area contributed by atoms with E-state index in [-0.39, 0.29) is 23.8 Å². The Bertz CT molecular complexity index is 1010. The first-order valence-electron chi connectivity index (χ1n) is 9.60. The molecule has 1 fully saturated rings. The molecule has 8 heteroatoms. The number of benzene rings is 1. The molecular weight excluding hydrogens is 404 g/mol. The van der Waals surface area contributed by atoms with Crippen LogP contribution in [0.25, 0.3) is 0 Å². The average Bonchev–Trinajstić information content (AvgIpc) is 3.19. The molecule has 29 heavy (non-hydrogen) atoms. The minimum Gasteiger partial charge on any atom is -0.344 e. The van der Waals surface area contributed by atoms with Crippen LogP contribution in [0.1, 0.15) is 68.7 Å². The highest BCUT2D eigenvalue weighted by atomic mass is 32.1. The maximum Gasteiger partial charge on any atom is 0.286 e. The van der Waals surface area contributed by atoms with E-state index in [4.69, 9.17) is 0 Å². The lowest BCUT2D eigenvalue weighted by molar-refractivity contribution is 0.0925. The number of hydrogen-bond acceptors (Lipinski definition) is 6. The molecule has 0 radical (unpaired) electrons. The highest BCUT2D eigenvalue weighted by Crippen LogP contribution is 2.41. The van der Waals surface area contributed by atoms with Gasteiger partial charge in [-0.25, -0.2) is 0 Å². The van der Waals surface area contributed by atoms with E-state index in [9.17, 15) is 9.59 Å². The number of hydrogen-bond donors (Lipinski definition) is 2. The molecule has 1 aliphatic rings. The second-order valence-electron chi connectivity index (χ2n) is 7.47. The molecule has 2 amide bonds. The number of rotatable bonds is 7. The number of aromatic nitrogens is 2. The van der Waals surface area contributed by atoms with Crippen LogP contribution < -0.4 is 10.6 Å². The number of carbonyl (C=O) groups is 2. The molecule has 0 bridgehead atoms. The number of thiophene rings is 1. The summed E-state index contributed by atoms with van der Waals surface area (Å²) in [6.45, 7) is 4.17. The van der Waals surface area contributed by atoms with Gasteiger partial charge in [0.15, 0.2) is 0 Å². The van der Waals surface area contributed by atoms with E-state index in [1.165, 1.54) is 11.3 Å². The van der Waals surface area contributed by atoms with Crippen molar-refractivity contribution in [1.29, 1.82) is 0 Å². The summed E-state index contributed by atoms with van der Waals surface area (Å²) in [7, 11) is 0.